The second-order valence-electron chi connectivity index (χ2n) is 5.41. The highest BCUT2D eigenvalue weighted by Crippen LogP contribution is 2.48. The number of carbonyl (C=O) groups is 2. The predicted molar refractivity (Wildman–Crippen MR) is 57.0 cm³/mol. The Morgan fingerprint density at radius 1 is 1.31 bits per heavy atom. The summed E-state index contributed by atoms with van der Waals surface area (Å²) in [4.78, 5) is 24.9. The molecule has 3 fully saturated rings. The number of carbonyl (C=O) groups excluding carboxylic acids is 1. The second-order valence-corrected chi connectivity index (χ2v) is 5.41. The molecule has 0 spiro atoms. The maximum Gasteiger partial charge on any atom is 0.321 e. The molecule has 4 unspecified atom stereocenters. The Morgan fingerprint density at radius 3 is 2.88 bits per heavy atom. The summed E-state index contributed by atoms with van der Waals surface area (Å²) in [6.45, 7) is 0.788. The average molecular weight is 223 g/mol. The van der Waals surface area contributed by atoms with Gasteiger partial charge < -0.3 is 5.11 Å². The number of carboxylic acid groups (broad SMARTS) is 1. The van der Waals surface area contributed by atoms with Gasteiger partial charge in [-0.2, -0.15) is 0 Å². The lowest BCUT2D eigenvalue weighted by Gasteiger charge is -2.28. The van der Waals surface area contributed by atoms with Crippen LogP contribution in [0.4, 0.5) is 0 Å². The van der Waals surface area contributed by atoms with E-state index in [1.807, 2.05) is 4.90 Å². The van der Waals surface area contributed by atoms with E-state index in [9.17, 15) is 9.59 Å². The Morgan fingerprint density at radius 2 is 2.12 bits per heavy atom. The predicted octanol–water partition coefficient (Wildman–Crippen LogP) is 0.903. The Hall–Kier alpha value is -0.900. The molecule has 1 saturated carbocycles. The minimum Gasteiger partial charge on any atom is -0.480 e. The van der Waals surface area contributed by atoms with Crippen molar-refractivity contribution in [2.24, 2.45) is 11.8 Å². The lowest BCUT2D eigenvalue weighted by molar-refractivity contribution is -0.142. The molecule has 0 bridgehead atoms. The number of Topliss-reactive ketones (excluding diaryl/α,β-unsaturated/α-hetero) is 1. The first kappa shape index (κ1) is 10.3. The molecule has 0 aromatic rings. The summed E-state index contributed by atoms with van der Waals surface area (Å²) in [5, 5.41) is 9.11. The van der Waals surface area contributed by atoms with Crippen LogP contribution in [-0.2, 0) is 9.59 Å². The molecular formula is C12H17NO3. The lowest BCUT2D eigenvalue weighted by Crippen LogP contribution is -2.43. The summed E-state index contributed by atoms with van der Waals surface area (Å²) in [6, 6.07) is -0.635. The van der Waals surface area contributed by atoms with Crippen LogP contribution in [0.1, 0.15) is 32.1 Å². The van der Waals surface area contributed by atoms with Crippen LogP contribution in [0.3, 0.4) is 0 Å². The molecule has 88 valence electrons. The molecule has 0 aromatic carbocycles. The van der Waals surface area contributed by atoms with Gasteiger partial charge in [0.1, 0.15) is 6.04 Å². The summed E-state index contributed by atoms with van der Waals surface area (Å²) >= 11 is 0. The van der Waals surface area contributed by atoms with E-state index < -0.39 is 12.0 Å². The summed E-state index contributed by atoms with van der Waals surface area (Å²) in [5.74, 6) is 0.854. The van der Waals surface area contributed by atoms with Crippen molar-refractivity contribution in [1.82, 2.24) is 4.90 Å². The molecule has 0 aromatic heterocycles. The highest BCUT2D eigenvalue weighted by Gasteiger charge is 2.49. The van der Waals surface area contributed by atoms with Gasteiger partial charge in [-0.25, -0.2) is 0 Å². The Labute approximate surface area is 94.6 Å². The van der Waals surface area contributed by atoms with Crippen molar-refractivity contribution >= 4 is 11.8 Å². The maximum atomic E-state index is 11.8. The number of ketones is 1. The van der Waals surface area contributed by atoms with E-state index in [1.165, 1.54) is 12.8 Å². The van der Waals surface area contributed by atoms with Crippen molar-refractivity contribution < 1.29 is 14.7 Å². The number of hydrogen-bond acceptors (Lipinski definition) is 3. The van der Waals surface area contributed by atoms with Crippen molar-refractivity contribution in [1.29, 1.82) is 0 Å². The van der Waals surface area contributed by atoms with E-state index in [-0.39, 0.29) is 18.2 Å². The van der Waals surface area contributed by atoms with Gasteiger partial charge in [0.15, 0.2) is 5.78 Å². The molecule has 2 heterocycles. The number of aliphatic carboxylic acids is 1. The van der Waals surface area contributed by atoms with Gasteiger partial charge in [0.2, 0.25) is 0 Å². The zero-order valence-electron chi connectivity index (χ0n) is 9.26. The van der Waals surface area contributed by atoms with Gasteiger partial charge in [0.05, 0.1) is 6.04 Å². The fraction of sp³-hybridized carbons (Fsp3) is 0.833. The van der Waals surface area contributed by atoms with Crippen LogP contribution in [0.2, 0.25) is 0 Å². The highest BCUT2D eigenvalue weighted by atomic mass is 16.4. The van der Waals surface area contributed by atoms with Gasteiger partial charge >= 0.3 is 5.97 Å². The minimum atomic E-state index is -0.830. The fourth-order valence-corrected chi connectivity index (χ4v) is 3.43. The molecule has 3 aliphatic rings. The lowest BCUT2D eigenvalue weighted by atomic mass is 10.0. The zero-order valence-corrected chi connectivity index (χ0v) is 9.26. The third kappa shape index (κ3) is 1.56. The van der Waals surface area contributed by atoms with E-state index in [0.29, 0.717) is 5.92 Å². The SMILES string of the molecule is O=C(O)C1CC(=O)C2CC3CC3CCCN12. The summed E-state index contributed by atoms with van der Waals surface area (Å²) in [7, 11) is 0. The fourth-order valence-electron chi connectivity index (χ4n) is 3.43. The van der Waals surface area contributed by atoms with Crippen molar-refractivity contribution in [2.45, 2.75) is 44.2 Å². The van der Waals surface area contributed by atoms with E-state index >= 15 is 0 Å². The Balaban J connectivity index is 1.80. The van der Waals surface area contributed by atoms with Gasteiger partial charge in [0.25, 0.3) is 0 Å². The second kappa shape index (κ2) is 3.55. The first-order chi connectivity index (χ1) is 7.66. The normalized spacial score (nSPS) is 43.1. The van der Waals surface area contributed by atoms with Crippen LogP contribution in [-0.4, -0.2) is 40.4 Å². The third-order valence-electron chi connectivity index (χ3n) is 4.44. The zero-order chi connectivity index (χ0) is 11.3. The van der Waals surface area contributed by atoms with Crippen LogP contribution in [0.15, 0.2) is 0 Å². The van der Waals surface area contributed by atoms with Gasteiger partial charge in [0, 0.05) is 6.42 Å². The Bertz CT molecular complexity index is 341. The first-order valence-corrected chi connectivity index (χ1v) is 6.18. The summed E-state index contributed by atoms with van der Waals surface area (Å²) < 4.78 is 0. The van der Waals surface area contributed by atoms with E-state index in [4.69, 9.17) is 5.11 Å². The van der Waals surface area contributed by atoms with Crippen molar-refractivity contribution in [3.63, 3.8) is 0 Å². The van der Waals surface area contributed by atoms with Gasteiger partial charge in [-0.1, -0.05) is 0 Å². The maximum absolute atomic E-state index is 11.8. The number of rotatable bonds is 1. The van der Waals surface area contributed by atoms with E-state index in [2.05, 4.69) is 0 Å². The van der Waals surface area contributed by atoms with Crippen LogP contribution in [0.25, 0.3) is 0 Å². The topological polar surface area (TPSA) is 57.6 Å². The van der Waals surface area contributed by atoms with E-state index in [0.717, 1.165) is 25.3 Å². The van der Waals surface area contributed by atoms with Crippen LogP contribution in [0, 0.1) is 11.8 Å². The molecule has 16 heavy (non-hydrogen) atoms. The smallest absolute Gasteiger partial charge is 0.321 e. The highest BCUT2D eigenvalue weighted by molar-refractivity contribution is 5.93. The van der Waals surface area contributed by atoms with Crippen LogP contribution < -0.4 is 0 Å². The standard InChI is InChI=1S/C12H17NO3/c14-11-6-10(12(15)16)13-3-1-2-7-4-8(7)5-9(11)13/h7-10H,1-6H2,(H,15,16). The Kier molecular flexibility index (Phi) is 2.28. The van der Waals surface area contributed by atoms with E-state index in [1.54, 1.807) is 0 Å². The largest absolute Gasteiger partial charge is 0.480 e. The monoisotopic (exact) mass is 223 g/mol. The molecule has 2 aliphatic heterocycles. The van der Waals surface area contributed by atoms with Gasteiger partial charge in [-0.3, -0.25) is 14.5 Å². The molecule has 0 radical (unpaired) electrons. The van der Waals surface area contributed by atoms with Crippen LogP contribution >= 0.6 is 0 Å². The average Bonchev–Trinajstić information content (AvgIpc) is 2.83. The minimum absolute atomic E-state index is 0.0867. The molecule has 4 heteroatoms. The molecule has 4 atom stereocenters. The number of carboxylic acids is 1. The van der Waals surface area contributed by atoms with Gasteiger partial charge in [-0.15, -0.1) is 0 Å². The van der Waals surface area contributed by atoms with Crippen LogP contribution in [0.5, 0.6) is 0 Å². The van der Waals surface area contributed by atoms with Crippen molar-refractivity contribution in [3.8, 4) is 0 Å². The molecule has 4 nitrogen and oxygen atoms in total. The summed E-state index contributed by atoms with van der Waals surface area (Å²) in [5.41, 5.74) is 0. The molecule has 3 rings (SSSR count). The van der Waals surface area contributed by atoms with Crippen molar-refractivity contribution in [3.05, 3.63) is 0 Å². The number of fused-ring (bicyclic) bond motifs is 2. The quantitative estimate of drug-likeness (QED) is 0.717. The summed E-state index contributed by atoms with van der Waals surface area (Å²) in [6.07, 6.45) is 4.66. The third-order valence-corrected chi connectivity index (χ3v) is 4.44. The van der Waals surface area contributed by atoms with Crippen molar-refractivity contribution in [2.75, 3.05) is 6.54 Å². The van der Waals surface area contributed by atoms with Gasteiger partial charge in [-0.05, 0) is 44.1 Å². The first-order valence-electron chi connectivity index (χ1n) is 6.18. The molecule has 1 aliphatic carbocycles. The molecular weight excluding hydrogens is 206 g/mol. The molecule has 2 saturated heterocycles. The molecule has 1 N–H and O–H groups in total. The molecule has 0 amide bonds. The number of nitrogens with zero attached hydrogens (tertiary/aromatic N) is 1. The number of hydrogen-bond donors (Lipinski definition) is 1.